The SMILES string of the molecule is COCC(NCC(c1ccccc1)C(C)C)C(C)C. The molecule has 108 valence electrons. The highest BCUT2D eigenvalue weighted by Crippen LogP contribution is 2.23. The Bertz CT molecular complexity index is 334. The molecule has 1 rings (SSSR count). The number of rotatable bonds is 8. The number of hydrogen-bond donors (Lipinski definition) is 1. The van der Waals surface area contributed by atoms with Crippen LogP contribution in [0.25, 0.3) is 0 Å². The predicted octanol–water partition coefficient (Wildman–Crippen LogP) is 3.69. The van der Waals surface area contributed by atoms with E-state index in [0.29, 0.717) is 23.8 Å². The van der Waals surface area contributed by atoms with Crippen LogP contribution in [0.15, 0.2) is 30.3 Å². The van der Waals surface area contributed by atoms with E-state index < -0.39 is 0 Å². The third-order valence-electron chi connectivity index (χ3n) is 3.78. The Hall–Kier alpha value is -0.860. The number of benzene rings is 1. The van der Waals surface area contributed by atoms with Gasteiger partial charge in [0.15, 0.2) is 0 Å². The Morgan fingerprint density at radius 3 is 2.11 bits per heavy atom. The monoisotopic (exact) mass is 263 g/mol. The lowest BCUT2D eigenvalue weighted by molar-refractivity contribution is 0.145. The maximum atomic E-state index is 5.30. The second-order valence-electron chi connectivity index (χ2n) is 5.98. The van der Waals surface area contributed by atoms with E-state index in [1.54, 1.807) is 7.11 Å². The van der Waals surface area contributed by atoms with Crippen LogP contribution in [0.2, 0.25) is 0 Å². The van der Waals surface area contributed by atoms with Crippen molar-refractivity contribution < 1.29 is 4.74 Å². The lowest BCUT2D eigenvalue weighted by atomic mass is 9.88. The molecule has 0 aromatic heterocycles. The Morgan fingerprint density at radius 1 is 1.00 bits per heavy atom. The summed E-state index contributed by atoms with van der Waals surface area (Å²) >= 11 is 0. The molecule has 1 aromatic carbocycles. The van der Waals surface area contributed by atoms with Crippen LogP contribution in [0.1, 0.15) is 39.2 Å². The average molecular weight is 263 g/mol. The van der Waals surface area contributed by atoms with Crippen LogP contribution in [-0.2, 0) is 4.74 Å². The summed E-state index contributed by atoms with van der Waals surface area (Å²) < 4.78 is 5.30. The highest BCUT2D eigenvalue weighted by Gasteiger charge is 2.19. The smallest absolute Gasteiger partial charge is 0.0618 e. The molecule has 0 saturated heterocycles. The molecule has 0 radical (unpaired) electrons. The van der Waals surface area contributed by atoms with Gasteiger partial charge < -0.3 is 10.1 Å². The lowest BCUT2D eigenvalue weighted by Gasteiger charge is -2.27. The molecule has 2 heteroatoms. The summed E-state index contributed by atoms with van der Waals surface area (Å²) in [5.41, 5.74) is 1.42. The third kappa shape index (κ3) is 5.33. The molecule has 0 fully saturated rings. The fraction of sp³-hybridized carbons (Fsp3) is 0.647. The Labute approximate surface area is 118 Å². The molecular formula is C17H29NO. The molecule has 2 nitrogen and oxygen atoms in total. The molecule has 0 aliphatic carbocycles. The van der Waals surface area contributed by atoms with Gasteiger partial charge in [-0.25, -0.2) is 0 Å². The van der Waals surface area contributed by atoms with E-state index in [-0.39, 0.29) is 0 Å². The molecule has 2 atom stereocenters. The van der Waals surface area contributed by atoms with Gasteiger partial charge in [-0.3, -0.25) is 0 Å². The van der Waals surface area contributed by atoms with Gasteiger partial charge in [0, 0.05) is 19.7 Å². The van der Waals surface area contributed by atoms with Crippen molar-refractivity contribution in [3.63, 3.8) is 0 Å². The van der Waals surface area contributed by atoms with Gasteiger partial charge in [-0.05, 0) is 23.3 Å². The second-order valence-corrected chi connectivity index (χ2v) is 5.98. The number of nitrogens with one attached hydrogen (secondary N) is 1. The normalized spacial score (nSPS) is 14.9. The molecule has 0 heterocycles. The largest absolute Gasteiger partial charge is 0.383 e. The van der Waals surface area contributed by atoms with E-state index in [2.05, 4.69) is 63.3 Å². The topological polar surface area (TPSA) is 21.3 Å². The molecule has 0 spiro atoms. The van der Waals surface area contributed by atoms with Crippen molar-refractivity contribution >= 4 is 0 Å². The van der Waals surface area contributed by atoms with Gasteiger partial charge in [0.05, 0.1) is 6.61 Å². The molecule has 19 heavy (non-hydrogen) atoms. The number of methoxy groups -OCH3 is 1. The minimum atomic E-state index is 0.426. The number of hydrogen-bond acceptors (Lipinski definition) is 2. The van der Waals surface area contributed by atoms with E-state index in [4.69, 9.17) is 4.74 Å². The van der Waals surface area contributed by atoms with Gasteiger partial charge >= 0.3 is 0 Å². The second kappa shape index (κ2) is 8.34. The van der Waals surface area contributed by atoms with E-state index in [9.17, 15) is 0 Å². The van der Waals surface area contributed by atoms with Crippen LogP contribution in [0.5, 0.6) is 0 Å². The zero-order valence-electron chi connectivity index (χ0n) is 13.0. The fourth-order valence-corrected chi connectivity index (χ4v) is 2.38. The van der Waals surface area contributed by atoms with Crippen molar-refractivity contribution in [1.82, 2.24) is 5.32 Å². The summed E-state index contributed by atoms with van der Waals surface area (Å²) in [5.74, 6) is 1.77. The summed E-state index contributed by atoms with van der Waals surface area (Å²) in [6.07, 6.45) is 0. The Kier molecular flexibility index (Phi) is 7.11. The first kappa shape index (κ1) is 16.2. The van der Waals surface area contributed by atoms with Crippen molar-refractivity contribution in [2.24, 2.45) is 11.8 Å². The molecule has 0 bridgehead atoms. The maximum Gasteiger partial charge on any atom is 0.0618 e. The van der Waals surface area contributed by atoms with Gasteiger partial charge in [-0.2, -0.15) is 0 Å². The minimum absolute atomic E-state index is 0.426. The minimum Gasteiger partial charge on any atom is -0.383 e. The van der Waals surface area contributed by atoms with Gasteiger partial charge in [0.25, 0.3) is 0 Å². The van der Waals surface area contributed by atoms with Crippen molar-refractivity contribution in [2.75, 3.05) is 20.3 Å². The van der Waals surface area contributed by atoms with Crippen LogP contribution in [0.3, 0.4) is 0 Å². The first-order valence-corrected chi connectivity index (χ1v) is 7.33. The summed E-state index contributed by atoms with van der Waals surface area (Å²) in [6, 6.07) is 11.2. The fourth-order valence-electron chi connectivity index (χ4n) is 2.38. The van der Waals surface area contributed by atoms with E-state index in [1.807, 2.05) is 0 Å². The zero-order chi connectivity index (χ0) is 14.3. The summed E-state index contributed by atoms with van der Waals surface area (Å²) in [6.45, 7) is 10.8. The van der Waals surface area contributed by atoms with E-state index >= 15 is 0 Å². The summed E-state index contributed by atoms with van der Waals surface area (Å²) in [7, 11) is 1.77. The quantitative estimate of drug-likeness (QED) is 0.772. The molecule has 0 amide bonds. The van der Waals surface area contributed by atoms with Crippen molar-refractivity contribution in [3.05, 3.63) is 35.9 Å². The molecule has 1 aromatic rings. The van der Waals surface area contributed by atoms with Gasteiger partial charge in [-0.1, -0.05) is 58.0 Å². The van der Waals surface area contributed by atoms with Gasteiger partial charge in [0.1, 0.15) is 0 Å². The van der Waals surface area contributed by atoms with Gasteiger partial charge in [-0.15, -0.1) is 0 Å². The first-order valence-electron chi connectivity index (χ1n) is 7.33. The Morgan fingerprint density at radius 2 is 1.63 bits per heavy atom. The predicted molar refractivity (Wildman–Crippen MR) is 82.5 cm³/mol. The molecule has 1 N–H and O–H groups in total. The molecule has 0 saturated carbocycles. The number of ether oxygens (including phenoxy) is 1. The highest BCUT2D eigenvalue weighted by molar-refractivity contribution is 5.20. The standard InChI is InChI=1S/C17H29NO/c1-13(2)16(15-9-7-6-8-10-15)11-18-17(12-19-5)14(3)4/h6-10,13-14,16-18H,11-12H2,1-5H3. The molecule has 0 aliphatic rings. The van der Waals surface area contributed by atoms with Crippen molar-refractivity contribution in [1.29, 1.82) is 0 Å². The molecular weight excluding hydrogens is 234 g/mol. The summed E-state index contributed by atoms with van der Waals surface area (Å²) in [5, 5.41) is 3.68. The van der Waals surface area contributed by atoms with Crippen LogP contribution >= 0.6 is 0 Å². The van der Waals surface area contributed by atoms with E-state index in [1.165, 1.54) is 5.56 Å². The Balaban J connectivity index is 2.64. The van der Waals surface area contributed by atoms with E-state index in [0.717, 1.165) is 13.2 Å². The van der Waals surface area contributed by atoms with Crippen molar-refractivity contribution in [3.8, 4) is 0 Å². The molecule has 0 aliphatic heterocycles. The third-order valence-corrected chi connectivity index (χ3v) is 3.78. The van der Waals surface area contributed by atoms with Crippen molar-refractivity contribution in [2.45, 2.75) is 39.7 Å². The first-order chi connectivity index (χ1) is 9.06. The van der Waals surface area contributed by atoms with Gasteiger partial charge in [0.2, 0.25) is 0 Å². The molecule has 2 unspecified atom stereocenters. The van der Waals surface area contributed by atoms with Crippen LogP contribution in [-0.4, -0.2) is 26.3 Å². The van der Waals surface area contributed by atoms with Crippen LogP contribution in [0.4, 0.5) is 0 Å². The zero-order valence-corrected chi connectivity index (χ0v) is 13.0. The van der Waals surface area contributed by atoms with Crippen LogP contribution in [0, 0.1) is 11.8 Å². The summed E-state index contributed by atoms with van der Waals surface area (Å²) in [4.78, 5) is 0. The average Bonchev–Trinajstić information content (AvgIpc) is 2.38. The van der Waals surface area contributed by atoms with Crippen LogP contribution < -0.4 is 5.32 Å². The lowest BCUT2D eigenvalue weighted by Crippen LogP contribution is -2.40. The highest BCUT2D eigenvalue weighted by atomic mass is 16.5. The maximum absolute atomic E-state index is 5.30.